The van der Waals surface area contributed by atoms with Gasteiger partial charge in [0.15, 0.2) is 0 Å². The van der Waals surface area contributed by atoms with Crippen molar-refractivity contribution in [2.24, 2.45) is 10.7 Å². The number of benzene rings is 2. The van der Waals surface area contributed by atoms with Crippen molar-refractivity contribution in [3.8, 4) is 11.1 Å². The van der Waals surface area contributed by atoms with Gasteiger partial charge in [-0.15, -0.1) is 0 Å². The smallest absolute Gasteiger partial charge is 0.254 e. The van der Waals surface area contributed by atoms with Crippen LogP contribution in [0.15, 0.2) is 47.0 Å². The van der Waals surface area contributed by atoms with Gasteiger partial charge < -0.3 is 15.5 Å². The van der Waals surface area contributed by atoms with Crippen LogP contribution in [0.1, 0.15) is 54.6 Å². The molecule has 2 aliphatic rings. The molecule has 0 saturated heterocycles. The number of amides is 2. The summed E-state index contributed by atoms with van der Waals surface area (Å²) in [5, 5.41) is 0. The molecule has 2 aromatic rings. The van der Waals surface area contributed by atoms with Gasteiger partial charge >= 0.3 is 0 Å². The molecular formula is C29H36N4O4S. The van der Waals surface area contributed by atoms with Crippen LogP contribution in [0.2, 0.25) is 0 Å². The van der Waals surface area contributed by atoms with E-state index in [1.807, 2.05) is 47.4 Å². The van der Waals surface area contributed by atoms with E-state index >= 15 is 0 Å². The van der Waals surface area contributed by atoms with Crippen molar-refractivity contribution in [2.75, 3.05) is 38.2 Å². The number of aliphatic imine (C=N–C) groups is 1. The van der Waals surface area contributed by atoms with Gasteiger partial charge in [-0.25, -0.2) is 13.4 Å². The lowest BCUT2D eigenvalue weighted by molar-refractivity contribution is -0.127. The molecule has 8 nitrogen and oxygen atoms in total. The van der Waals surface area contributed by atoms with E-state index in [9.17, 15) is 18.0 Å². The lowest BCUT2D eigenvalue weighted by atomic mass is 9.93. The molecule has 0 fully saturated rings. The number of nitrogens with zero attached hydrogens (tertiary/aromatic N) is 3. The van der Waals surface area contributed by atoms with E-state index in [1.165, 1.54) is 6.26 Å². The molecule has 2 aliphatic heterocycles. The quantitative estimate of drug-likeness (QED) is 0.524. The van der Waals surface area contributed by atoms with Gasteiger partial charge in [-0.3, -0.25) is 9.59 Å². The van der Waals surface area contributed by atoms with Gasteiger partial charge in [0.25, 0.3) is 5.91 Å². The van der Waals surface area contributed by atoms with Crippen molar-refractivity contribution in [1.29, 1.82) is 0 Å². The summed E-state index contributed by atoms with van der Waals surface area (Å²) >= 11 is 0. The second kappa shape index (κ2) is 11.5. The fourth-order valence-corrected chi connectivity index (χ4v) is 5.52. The number of hydrogen-bond acceptors (Lipinski definition) is 6. The zero-order valence-corrected chi connectivity index (χ0v) is 23.2. The maximum absolute atomic E-state index is 13.2. The van der Waals surface area contributed by atoms with Crippen molar-refractivity contribution < 1.29 is 18.0 Å². The summed E-state index contributed by atoms with van der Waals surface area (Å²) in [5.74, 6) is 0.234. The first-order valence-corrected chi connectivity index (χ1v) is 15.2. The summed E-state index contributed by atoms with van der Waals surface area (Å²) in [4.78, 5) is 34.3. The number of hydrogen-bond donors (Lipinski definition) is 1. The summed E-state index contributed by atoms with van der Waals surface area (Å²) in [5.41, 5.74) is 11.9. The van der Waals surface area contributed by atoms with Gasteiger partial charge in [-0.1, -0.05) is 38.1 Å². The molecule has 202 valence electrons. The summed E-state index contributed by atoms with van der Waals surface area (Å²) in [7, 11) is -3.14. The highest BCUT2D eigenvalue weighted by atomic mass is 32.2. The van der Waals surface area contributed by atoms with Gasteiger partial charge in [0.2, 0.25) is 5.91 Å². The van der Waals surface area contributed by atoms with Gasteiger partial charge in [-0.2, -0.15) is 0 Å². The van der Waals surface area contributed by atoms with Crippen molar-refractivity contribution in [3.05, 3.63) is 58.7 Å². The largest absolute Gasteiger partial charge is 0.387 e. The number of sulfone groups is 1. The van der Waals surface area contributed by atoms with Gasteiger partial charge in [0.05, 0.1) is 11.4 Å². The molecule has 0 radical (unpaired) electrons. The van der Waals surface area contributed by atoms with Crippen molar-refractivity contribution in [1.82, 2.24) is 9.80 Å². The molecule has 2 N–H and O–H groups in total. The minimum Gasteiger partial charge on any atom is -0.387 e. The molecule has 9 heteroatoms. The first-order valence-electron chi connectivity index (χ1n) is 13.2. The van der Waals surface area contributed by atoms with E-state index in [-0.39, 0.29) is 24.1 Å². The Kier molecular flexibility index (Phi) is 8.35. The minimum atomic E-state index is -3.14. The van der Waals surface area contributed by atoms with Crippen molar-refractivity contribution in [3.63, 3.8) is 0 Å². The topological polar surface area (TPSA) is 113 Å². The first-order chi connectivity index (χ1) is 18.1. The molecule has 4 rings (SSSR count). The first kappa shape index (κ1) is 27.6. The third-order valence-electron chi connectivity index (χ3n) is 6.88. The molecule has 0 aromatic heterocycles. The third kappa shape index (κ3) is 6.32. The fourth-order valence-electron chi connectivity index (χ4n) is 4.97. The van der Waals surface area contributed by atoms with Gasteiger partial charge in [0, 0.05) is 55.6 Å². The molecule has 2 aromatic carbocycles. The lowest BCUT2D eigenvalue weighted by Crippen LogP contribution is -2.40. The zero-order chi connectivity index (χ0) is 27.4. The van der Waals surface area contributed by atoms with E-state index in [1.54, 1.807) is 4.90 Å². The molecule has 2 amide bonds. The van der Waals surface area contributed by atoms with Crippen LogP contribution in [0.5, 0.6) is 0 Å². The Labute approximate surface area is 225 Å². The Balaban J connectivity index is 1.59. The van der Waals surface area contributed by atoms with E-state index in [4.69, 9.17) is 5.73 Å². The number of amidine groups is 1. The fraction of sp³-hybridized carbons (Fsp3) is 0.414. The average Bonchev–Trinajstić information content (AvgIpc) is 3.04. The van der Waals surface area contributed by atoms with E-state index in [0.29, 0.717) is 55.1 Å². The standard InChI is InChI=1S/C29H36N4O4S/c1-4-11-32(12-5-2)28(34)24-17-23-7-6-21(18-26(23)31-27(30)19-24)20-8-9-25-22(16-20)10-13-33(29(25)35)14-15-38(3,36)37/h6-9,16-18H,4-5,10-15,19H2,1-3H3,(H2,30,31). The molecular weight excluding hydrogens is 500 g/mol. The summed E-state index contributed by atoms with van der Waals surface area (Å²) in [6.07, 6.45) is 5.85. The van der Waals surface area contributed by atoms with E-state index < -0.39 is 9.84 Å². The van der Waals surface area contributed by atoms with E-state index in [2.05, 4.69) is 18.8 Å². The Morgan fingerprint density at radius 1 is 1.08 bits per heavy atom. The predicted octanol–water partition coefficient (Wildman–Crippen LogP) is 3.82. The van der Waals surface area contributed by atoms with Gasteiger partial charge in [0.1, 0.15) is 15.7 Å². The number of rotatable bonds is 9. The average molecular weight is 537 g/mol. The zero-order valence-electron chi connectivity index (χ0n) is 22.4. The maximum Gasteiger partial charge on any atom is 0.254 e. The molecule has 0 aliphatic carbocycles. The Morgan fingerprint density at radius 3 is 2.45 bits per heavy atom. The highest BCUT2D eigenvalue weighted by Gasteiger charge is 2.26. The summed E-state index contributed by atoms with van der Waals surface area (Å²) in [6, 6.07) is 11.7. The molecule has 0 unspecified atom stereocenters. The SMILES string of the molecule is CCCN(CCC)C(=O)C1=Cc2ccc(-c3ccc4c(c3)CCN(CCS(C)(=O)=O)C4=O)cc2N=C(N)C1. The molecule has 0 saturated carbocycles. The van der Waals surface area contributed by atoms with Crippen LogP contribution < -0.4 is 5.73 Å². The predicted molar refractivity (Wildman–Crippen MR) is 152 cm³/mol. The Morgan fingerprint density at radius 2 is 1.76 bits per heavy atom. The molecule has 0 spiro atoms. The minimum absolute atomic E-state index is 0.00807. The number of carbonyl (C=O) groups excluding carboxylic acids is 2. The number of carbonyl (C=O) groups is 2. The Hall–Kier alpha value is -3.46. The molecule has 38 heavy (non-hydrogen) atoms. The summed E-state index contributed by atoms with van der Waals surface area (Å²) in [6.45, 7) is 6.25. The van der Waals surface area contributed by atoms with Crippen LogP contribution in [0.3, 0.4) is 0 Å². The van der Waals surface area contributed by atoms with Crippen LogP contribution in [-0.2, 0) is 21.1 Å². The number of nitrogens with two attached hydrogens (primary N) is 1. The van der Waals surface area contributed by atoms with Crippen molar-refractivity contribution in [2.45, 2.75) is 39.5 Å². The normalized spacial score (nSPS) is 15.2. The summed E-state index contributed by atoms with van der Waals surface area (Å²) < 4.78 is 23.1. The lowest BCUT2D eigenvalue weighted by Gasteiger charge is -2.28. The van der Waals surface area contributed by atoms with Crippen LogP contribution in [-0.4, -0.2) is 74.1 Å². The maximum atomic E-state index is 13.2. The number of fused-ring (bicyclic) bond motifs is 2. The van der Waals surface area contributed by atoms with Crippen LogP contribution in [0, 0.1) is 0 Å². The molecule has 2 heterocycles. The van der Waals surface area contributed by atoms with Crippen LogP contribution in [0.4, 0.5) is 5.69 Å². The second-order valence-electron chi connectivity index (χ2n) is 10.1. The second-order valence-corrected chi connectivity index (χ2v) is 12.3. The molecule has 0 atom stereocenters. The van der Waals surface area contributed by atoms with E-state index in [0.717, 1.165) is 35.1 Å². The highest BCUT2D eigenvalue weighted by molar-refractivity contribution is 7.90. The third-order valence-corrected chi connectivity index (χ3v) is 7.81. The molecule has 0 bridgehead atoms. The van der Waals surface area contributed by atoms with Crippen LogP contribution >= 0.6 is 0 Å². The van der Waals surface area contributed by atoms with Crippen molar-refractivity contribution >= 4 is 39.3 Å². The highest BCUT2D eigenvalue weighted by Crippen LogP contribution is 2.33. The monoisotopic (exact) mass is 536 g/mol. The Bertz CT molecular complexity index is 1410. The van der Waals surface area contributed by atoms with Gasteiger partial charge in [-0.05, 0) is 54.2 Å². The van der Waals surface area contributed by atoms with Crippen LogP contribution in [0.25, 0.3) is 17.2 Å².